The summed E-state index contributed by atoms with van der Waals surface area (Å²) in [5.41, 5.74) is -1.88. The van der Waals surface area contributed by atoms with E-state index < -0.39 is 23.0 Å². The van der Waals surface area contributed by atoms with Crippen molar-refractivity contribution < 1.29 is 14.4 Å². The summed E-state index contributed by atoms with van der Waals surface area (Å²) in [5, 5.41) is 14.6. The molecule has 0 saturated carbocycles. The first kappa shape index (κ1) is 17.6. The van der Waals surface area contributed by atoms with Crippen LogP contribution >= 0.6 is 11.8 Å². The Labute approximate surface area is 140 Å². The van der Waals surface area contributed by atoms with E-state index in [0.29, 0.717) is 12.8 Å². The summed E-state index contributed by atoms with van der Waals surface area (Å²) in [6.45, 7) is 4.92. The molecule has 1 atom stereocenters. The Bertz CT molecular complexity index is 566. The smallest absolute Gasteiger partial charge is 0.325 e. The summed E-state index contributed by atoms with van der Waals surface area (Å²) in [6, 6.07) is 1.55. The van der Waals surface area contributed by atoms with Crippen molar-refractivity contribution in [1.82, 2.24) is 15.5 Å². The van der Waals surface area contributed by atoms with E-state index in [4.69, 9.17) is 0 Å². The van der Waals surface area contributed by atoms with Gasteiger partial charge in [0.25, 0.3) is 5.91 Å². The lowest BCUT2D eigenvalue weighted by Gasteiger charge is -2.30. The Hall–Kier alpha value is -1.75. The van der Waals surface area contributed by atoms with Crippen LogP contribution in [0.2, 0.25) is 0 Å². The van der Waals surface area contributed by atoms with Crippen LogP contribution in [0.3, 0.4) is 0 Å². The molecule has 8 heteroatoms. The lowest BCUT2D eigenvalue weighted by atomic mass is 9.90. The Morgan fingerprint density at radius 1 is 1.48 bits per heavy atom. The van der Waals surface area contributed by atoms with E-state index in [2.05, 4.69) is 16.7 Å². The van der Waals surface area contributed by atoms with Gasteiger partial charge in [-0.15, -0.1) is 0 Å². The standard InChI is InChI=1S/C15H22N4O3S/c1-10(2)14(3,9-16)17-11(20)8-19-12(21)15(18-13(19)22)4-6-23-7-5-15/h10H,4-8H2,1-3H3,(H,17,20)(H,18,22)/t14-/m0/s1. The Balaban J connectivity index is 2.05. The minimum absolute atomic E-state index is 0.0960. The molecular weight excluding hydrogens is 316 g/mol. The molecule has 0 bridgehead atoms. The van der Waals surface area contributed by atoms with Gasteiger partial charge in [-0.2, -0.15) is 17.0 Å². The van der Waals surface area contributed by atoms with Crippen LogP contribution in [0.15, 0.2) is 0 Å². The highest BCUT2D eigenvalue weighted by molar-refractivity contribution is 7.99. The minimum Gasteiger partial charge on any atom is -0.336 e. The first-order chi connectivity index (χ1) is 10.7. The summed E-state index contributed by atoms with van der Waals surface area (Å²) in [4.78, 5) is 37.9. The summed E-state index contributed by atoms with van der Waals surface area (Å²) >= 11 is 1.75. The molecule has 7 nitrogen and oxygen atoms in total. The van der Waals surface area contributed by atoms with E-state index in [0.717, 1.165) is 16.4 Å². The van der Waals surface area contributed by atoms with Crippen LogP contribution in [-0.2, 0) is 9.59 Å². The Morgan fingerprint density at radius 3 is 2.61 bits per heavy atom. The number of hydrogen-bond acceptors (Lipinski definition) is 5. The average molecular weight is 338 g/mol. The monoisotopic (exact) mass is 338 g/mol. The Kier molecular flexibility index (Phi) is 4.90. The van der Waals surface area contributed by atoms with E-state index >= 15 is 0 Å². The molecule has 2 rings (SSSR count). The maximum Gasteiger partial charge on any atom is 0.325 e. The predicted molar refractivity (Wildman–Crippen MR) is 86.5 cm³/mol. The number of hydrogen-bond donors (Lipinski definition) is 2. The molecule has 2 saturated heterocycles. The fourth-order valence-electron chi connectivity index (χ4n) is 2.65. The summed E-state index contributed by atoms with van der Waals surface area (Å²) < 4.78 is 0. The van der Waals surface area contributed by atoms with Crippen LogP contribution in [0.25, 0.3) is 0 Å². The first-order valence-electron chi connectivity index (χ1n) is 7.68. The number of thioether (sulfide) groups is 1. The number of nitrogens with one attached hydrogen (secondary N) is 2. The number of carbonyl (C=O) groups excluding carboxylic acids is 3. The van der Waals surface area contributed by atoms with Crippen molar-refractivity contribution in [2.24, 2.45) is 5.92 Å². The second-order valence-electron chi connectivity index (χ2n) is 6.53. The molecule has 23 heavy (non-hydrogen) atoms. The number of nitriles is 1. The van der Waals surface area contributed by atoms with Gasteiger partial charge in [-0.05, 0) is 37.2 Å². The second-order valence-corrected chi connectivity index (χ2v) is 7.76. The second kappa shape index (κ2) is 6.40. The van der Waals surface area contributed by atoms with Gasteiger partial charge in [-0.25, -0.2) is 4.79 Å². The Morgan fingerprint density at radius 2 is 2.09 bits per heavy atom. The van der Waals surface area contributed by atoms with Crippen molar-refractivity contribution in [3.63, 3.8) is 0 Å². The zero-order valence-electron chi connectivity index (χ0n) is 13.6. The molecule has 1 spiro atoms. The van der Waals surface area contributed by atoms with Crippen LogP contribution < -0.4 is 10.6 Å². The van der Waals surface area contributed by atoms with Crippen molar-refractivity contribution in [2.45, 2.75) is 44.7 Å². The molecule has 2 N–H and O–H groups in total. The molecule has 2 aliphatic heterocycles. The van der Waals surface area contributed by atoms with E-state index in [1.807, 2.05) is 13.8 Å². The average Bonchev–Trinajstić information content (AvgIpc) is 2.72. The molecule has 0 aromatic rings. The lowest BCUT2D eigenvalue weighted by molar-refractivity contribution is -0.135. The van der Waals surface area contributed by atoms with Crippen LogP contribution in [0.1, 0.15) is 33.6 Å². The van der Waals surface area contributed by atoms with E-state index in [-0.39, 0.29) is 18.4 Å². The van der Waals surface area contributed by atoms with Crippen LogP contribution in [0, 0.1) is 17.2 Å². The van der Waals surface area contributed by atoms with E-state index in [1.165, 1.54) is 0 Å². The van der Waals surface area contributed by atoms with E-state index in [1.54, 1.807) is 18.7 Å². The highest BCUT2D eigenvalue weighted by Gasteiger charge is 2.52. The molecule has 2 aliphatic rings. The molecule has 0 unspecified atom stereocenters. The van der Waals surface area contributed by atoms with Crippen molar-refractivity contribution in [3.8, 4) is 6.07 Å². The molecular formula is C15H22N4O3S. The summed E-state index contributed by atoms with van der Waals surface area (Å²) in [7, 11) is 0. The number of rotatable bonds is 4. The topological polar surface area (TPSA) is 102 Å². The maximum atomic E-state index is 12.6. The zero-order valence-corrected chi connectivity index (χ0v) is 14.5. The van der Waals surface area contributed by atoms with Gasteiger partial charge in [-0.3, -0.25) is 14.5 Å². The lowest BCUT2D eigenvalue weighted by Crippen LogP contribution is -2.53. The van der Waals surface area contributed by atoms with Crippen LogP contribution in [-0.4, -0.2) is 51.9 Å². The van der Waals surface area contributed by atoms with Crippen LogP contribution in [0.4, 0.5) is 4.79 Å². The SMILES string of the molecule is CC(C)[C@](C)(C#N)NC(=O)CN1C(=O)NC2(CCSCC2)C1=O. The normalized spacial score (nSPS) is 22.7. The molecule has 0 aromatic heterocycles. The first-order valence-corrected chi connectivity index (χ1v) is 8.84. The molecule has 0 aromatic carbocycles. The quantitative estimate of drug-likeness (QED) is 0.740. The zero-order chi connectivity index (χ0) is 17.3. The number of imide groups is 1. The van der Waals surface area contributed by atoms with Gasteiger partial charge in [0.15, 0.2) is 0 Å². The summed E-state index contributed by atoms with van der Waals surface area (Å²) in [5.74, 6) is 0.688. The number of nitrogens with zero attached hydrogens (tertiary/aromatic N) is 2. The highest BCUT2D eigenvalue weighted by atomic mass is 32.2. The van der Waals surface area contributed by atoms with Gasteiger partial charge >= 0.3 is 6.03 Å². The van der Waals surface area contributed by atoms with Crippen molar-refractivity contribution in [1.29, 1.82) is 5.26 Å². The molecule has 2 fully saturated rings. The molecule has 0 aliphatic carbocycles. The fraction of sp³-hybridized carbons (Fsp3) is 0.733. The van der Waals surface area contributed by atoms with Crippen molar-refractivity contribution in [2.75, 3.05) is 18.1 Å². The van der Waals surface area contributed by atoms with Gasteiger partial charge < -0.3 is 10.6 Å². The maximum absolute atomic E-state index is 12.6. The number of amides is 4. The van der Waals surface area contributed by atoms with Gasteiger partial charge in [0.1, 0.15) is 17.6 Å². The number of urea groups is 1. The predicted octanol–water partition coefficient (Wildman–Crippen LogP) is 0.858. The fourth-order valence-corrected chi connectivity index (χ4v) is 3.84. The third-order valence-corrected chi connectivity index (χ3v) is 5.67. The largest absolute Gasteiger partial charge is 0.336 e. The van der Waals surface area contributed by atoms with Gasteiger partial charge in [0.2, 0.25) is 5.91 Å². The van der Waals surface area contributed by atoms with Crippen molar-refractivity contribution in [3.05, 3.63) is 0 Å². The number of carbonyl (C=O) groups is 3. The molecule has 4 amide bonds. The van der Waals surface area contributed by atoms with Gasteiger partial charge in [-0.1, -0.05) is 13.8 Å². The summed E-state index contributed by atoms with van der Waals surface area (Å²) in [6.07, 6.45) is 1.17. The molecule has 0 radical (unpaired) electrons. The van der Waals surface area contributed by atoms with Crippen LogP contribution in [0.5, 0.6) is 0 Å². The molecule has 126 valence electrons. The third-order valence-electron chi connectivity index (χ3n) is 4.68. The van der Waals surface area contributed by atoms with Gasteiger partial charge in [0, 0.05) is 0 Å². The minimum atomic E-state index is -1.03. The highest BCUT2D eigenvalue weighted by Crippen LogP contribution is 2.32. The third kappa shape index (κ3) is 3.29. The van der Waals surface area contributed by atoms with E-state index in [9.17, 15) is 19.6 Å². The molecule has 2 heterocycles. The van der Waals surface area contributed by atoms with Crippen molar-refractivity contribution >= 4 is 29.6 Å². The van der Waals surface area contributed by atoms with Gasteiger partial charge in [0.05, 0.1) is 6.07 Å².